The summed E-state index contributed by atoms with van der Waals surface area (Å²) in [5.74, 6) is 0.883. The van der Waals surface area contributed by atoms with E-state index < -0.39 is 6.04 Å². The Hall–Kier alpha value is -3.80. The van der Waals surface area contributed by atoms with Crippen LogP contribution >= 0.6 is 0 Å². The van der Waals surface area contributed by atoms with Crippen molar-refractivity contribution in [2.75, 3.05) is 20.3 Å². The van der Waals surface area contributed by atoms with Crippen molar-refractivity contribution >= 4 is 11.8 Å². The molecule has 6 nitrogen and oxygen atoms in total. The zero-order valence-corrected chi connectivity index (χ0v) is 21.4. The van der Waals surface area contributed by atoms with Crippen molar-refractivity contribution in [1.82, 2.24) is 10.2 Å². The SMILES string of the molecule is CCCNC(=O)[C@H](Cc1ccccc1)N(Cc1cccc(OC)c1)C(=O)COc1ccc(CC)cc1. The summed E-state index contributed by atoms with van der Waals surface area (Å²) in [6.07, 6.45) is 2.14. The molecule has 0 heterocycles. The van der Waals surface area contributed by atoms with Crippen molar-refractivity contribution in [3.8, 4) is 11.5 Å². The largest absolute Gasteiger partial charge is 0.497 e. The van der Waals surface area contributed by atoms with E-state index in [0.717, 1.165) is 24.0 Å². The van der Waals surface area contributed by atoms with Gasteiger partial charge in [0.05, 0.1) is 7.11 Å². The van der Waals surface area contributed by atoms with Crippen LogP contribution in [0.25, 0.3) is 0 Å². The van der Waals surface area contributed by atoms with E-state index >= 15 is 0 Å². The van der Waals surface area contributed by atoms with Gasteiger partial charge in [-0.15, -0.1) is 0 Å². The maximum absolute atomic E-state index is 13.6. The second-order valence-corrected chi connectivity index (χ2v) is 8.66. The summed E-state index contributed by atoms with van der Waals surface area (Å²) in [6, 6.07) is 24.3. The average Bonchev–Trinajstić information content (AvgIpc) is 2.93. The zero-order chi connectivity index (χ0) is 25.8. The molecule has 3 aromatic carbocycles. The second kappa shape index (κ2) is 13.9. The fourth-order valence-electron chi connectivity index (χ4n) is 3.94. The van der Waals surface area contributed by atoms with E-state index in [-0.39, 0.29) is 25.0 Å². The number of ether oxygens (including phenoxy) is 2. The fraction of sp³-hybridized carbons (Fsp3) is 0.333. The number of nitrogens with one attached hydrogen (secondary N) is 1. The molecule has 0 saturated heterocycles. The minimum atomic E-state index is -0.691. The number of hydrogen-bond donors (Lipinski definition) is 1. The maximum Gasteiger partial charge on any atom is 0.261 e. The first kappa shape index (κ1) is 26.8. The van der Waals surface area contributed by atoms with Gasteiger partial charge in [-0.25, -0.2) is 0 Å². The van der Waals surface area contributed by atoms with Gasteiger partial charge in [-0.3, -0.25) is 9.59 Å². The molecule has 0 radical (unpaired) electrons. The predicted octanol–water partition coefficient (Wildman–Crippen LogP) is 4.80. The fourth-order valence-corrected chi connectivity index (χ4v) is 3.94. The number of aryl methyl sites for hydroxylation is 1. The third kappa shape index (κ3) is 7.87. The average molecular weight is 489 g/mol. The van der Waals surface area contributed by atoms with Crippen molar-refractivity contribution in [2.45, 2.75) is 45.7 Å². The van der Waals surface area contributed by atoms with Gasteiger partial charge in [0.15, 0.2) is 6.61 Å². The van der Waals surface area contributed by atoms with Crippen molar-refractivity contribution in [3.63, 3.8) is 0 Å². The topological polar surface area (TPSA) is 67.9 Å². The quantitative estimate of drug-likeness (QED) is 0.375. The van der Waals surface area contributed by atoms with Gasteiger partial charge in [0.25, 0.3) is 5.91 Å². The zero-order valence-electron chi connectivity index (χ0n) is 21.4. The molecule has 0 spiro atoms. The lowest BCUT2D eigenvalue weighted by Crippen LogP contribution is -2.51. The maximum atomic E-state index is 13.6. The van der Waals surface area contributed by atoms with Crippen LogP contribution < -0.4 is 14.8 Å². The molecular weight excluding hydrogens is 452 g/mol. The highest BCUT2D eigenvalue weighted by molar-refractivity contribution is 5.88. The molecule has 0 aliphatic heterocycles. The molecule has 0 unspecified atom stereocenters. The highest BCUT2D eigenvalue weighted by Gasteiger charge is 2.30. The van der Waals surface area contributed by atoms with Crippen LogP contribution in [0.1, 0.15) is 37.0 Å². The third-order valence-electron chi connectivity index (χ3n) is 6.00. The van der Waals surface area contributed by atoms with Crippen molar-refractivity contribution < 1.29 is 19.1 Å². The van der Waals surface area contributed by atoms with Gasteiger partial charge in [-0.1, -0.05) is 68.4 Å². The number of amides is 2. The molecule has 0 aromatic heterocycles. The summed E-state index contributed by atoms with van der Waals surface area (Å²) < 4.78 is 11.2. The summed E-state index contributed by atoms with van der Waals surface area (Å²) in [4.78, 5) is 28.6. The summed E-state index contributed by atoms with van der Waals surface area (Å²) in [7, 11) is 1.61. The molecule has 1 atom stereocenters. The number of methoxy groups -OCH3 is 1. The Kier molecular flexibility index (Phi) is 10.4. The van der Waals surface area contributed by atoms with Crippen LogP contribution in [0.3, 0.4) is 0 Å². The van der Waals surface area contributed by atoms with Crippen LogP contribution in [0.2, 0.25) is 0 Å². The van der Waals surface area contributed by atoms with Crippen LogP contribution in [-0.4, -0.2) is 43.0 Å². The Morgan fingerprint density at radius 1 is 0.861 bits per heavy atom. The van der Waals surface area contributed by atoms with E-state index in [2.05, 4.69) is 12.2 Å². The smallest absolute Gasteiger partial charge is 0.261 e. The lowest BCUT2D eigenvalue weighted by Gasteiger charge is -2.31. The number of carbonyl (C=O) groups is 2. The molecule has 36 heavy (non-hydrogen) atoms. The minimum Gasteiger partial charge on any atom is -0.497 e. The Labute approximate surface area is 214 Å². The highest BCUT2D eigenvalue weighted by atomic mass is 16.5. The lowest BCUT2D eigenvalue weighted by molar-refractivity contribution is -0.142. The molecule has 6 heteroatoms. The minimum absolute atomic E-state index is 0.165. The van der Waals surface area contributed by atoms with E-state index in [1.54, 1.807) is 12.0 Å². The summed E-state index contributed by atoms with van der Waals surface area (Å²) in [5.41, 5.74) is 3.05. The van der Waals surface area contributed by atoms with Crippen LogP contribution in [-0.2, 0) is 29.0 Å². The van der Waals surface area contributed by atoms with E-state index in [1.165, 1.54) is 5.56 Å². The Balaban J connectivity index is 1.88. The number of rotatable bonds is 13. The molecule has 0 bridgehead atoms. The molecule has 2 amide bonds. The Bertz CT molecular complexity index is 1100. The summed E-state index contributed by atoms with van der Waals surface area (Å²) in [5, 5.41) is 2.98. The molecule has 1 N–H and O–H groups in total. The second-order valence-electron chi connectivity index (χ2n) is 8.66. The summed E-state index contributed by atoms with van der Waals surface area (Å²) >= 11 is 0. The predicted molar refractivity (Wildman–Crippen MR) is 142 cm³/mol. The van der Waals surface area contributed by atoms with Crippen LogP contribution in [0.5, 0.6) is 11.5 Å². The molecule has 0 saturated carbocycles. The molecule has 3 rings (SSSR count). The Morgan fingerprint density at radius 2 is 1.58 bits per heavy atom. The highest BCUT2D eigenvalue weighted by Crippen LogP contribution is 2.19. The molecule has 0 fully saturated rings. The first-order valence-electron chi connectivity index (χ1n) is 12.5. The van der Waals surface area contributed by atoms with Gasteiger partial charge >= 0.3 is 0 Å². The van der Waals surface area contributed by atoms with Crippen LogP contribution in [0, 0.1) is 0 Å². The first-order chi connectivity index (χ1) is 17.5. The van der Waals surface area contributed by atoms with Crippen LogP contribution in [0.4, 0.5) is 0 Å². The van der Waals surface area contributed by atoms with Gasteiger partial charge in [-0.2, -0.15) is 0 Å². The van der Waals surface area contributed by atoms with Gasteiger partial charge in [0.2, 0.25) is 5.91 Å². The monoisotopic (exact) mass is 488 g/mol. The number of hydrogen-bond acceptors (Lipinski definition) is 4. The molecule has 0 aliphatic carbocycles. The molecule has 0 aliphatic rings. The number of benzene rings is 3. The van der Waals surface area contributed by atoms with Gasteiger partial charge in [0, 0.05) is 19.5 Å². The third-order valence-corrected chi connectivity index (χ3v) is 6.00. The number of nitrogens with zero attached hydrogens (tertiary/aromatic N) is 1. The standard InChI is InChI=1S/C30H36N2O4/c1-4-18-31-30(34)28(20-24-10-7-6-8-11-24)32(21-25-12-9-13-27(19-25)35-3)29(33)22-36-26-16-14-23(5-2)15-17-26/h6-17,19,28H,4-5,18,20-22H2,1-3H3,(H,31,34)/t28-/m0/s1. The van der Waals surface area contributed by atoms with Gasteiger partial charge in [0.1, 0.15) is 17.5 Å². The molecule has 190 valence electrons. The van der Waals surface area contributed by atoms with Crippen molar-refractivity contribution in [2.24, 2.45) is 0 Å². The normalized spacial score (nSPS) is 11.4. The summed E-state index contributed by atoms with van der Waals surface area (Å²) in [6.45, 7) is 4.73. The Morgan fingerprint density at radius 3 is 2.25 bits per heavy atom. The van der Waals surface area contributed by atoms with E-state index in [9.17, 15) is 9.59 Å². The van der Waals surface area contributed by atoms with E-state index in [4.69, 9.17) is 9.47 Å². The molecule has 3 aromatic rings. The lowest BCUT2D eigenvalue weighted by atomic mass is 10.0. The van der Waals surface area contributed by atoms with Crippen molar-refractivity contribution in [3.05, 3.63) is 95.6 Å². The van der Waals surface area contributed by atoms with Crippen molar-refractivity contribution in [1.29, 1.82) is 0 Å². The van der Waals surface area contributed by atoms with Gasteiger partial charge < -0.3 is 19.7 Å². The van der Waals surface area contributed by atoms with E-state index in [0.29, 0.717) is 24.5 Å². The number of carbonyl (C=O) groups excluding carboxylic acids is 2. The molecular formula is C30H36N2O4. The first-order valence-corrected chi connectivity index (χ1v) is 12.5. The van der Waals surface area contributed by atoms with E-state index in [1.807, 2.05) is 85.8 Å². The van der Waals surface area contributed by atoms with Gasteiger partial charge in [-0.05, 0) is 53.8 Å². The van der Waals surface area contributed by atoms with Crippen LogP contribution in [0.15, 0.2) is 78.9 Å².